The third kappa shape index (κ3) is 4.00. The summed E-state index contributed by atoms with van der Waals surface area (Å²) in [6, 6.07) is 7.69. The third-order valence-corrected chi connectivity index (χ3v) is 4.00. The van der Waals surface area contributed by atoms with E-state index in [4.69, 9.17) is 28.3 Å². The van der Waals surface area contributed by atoms with Gasteiger partial charge in [-0.05, 0) is 30.2 Å². The molecule has 0 aliphatic carbocycles. The van der Waals surface area contributed by atoms with Gasteiger partial charge in [0.05, 0.1) is 10.6 Å². The lowest BCUT2D eigenvalue weighted by atomic mass is 10.1. The van der Waals surface area contributed by atoms with Crippen LogP contribution < -0.4 is 5.56 Å². The van der Waals surface area contributed by atoms with Crippen LogP contribution in [0.15, 0.2) is 35.1 Å². The van der Waals surface area contributed by atoms with Crippen LogP contribution in [0, 0.1) is 0 Å². The van der Waals surface area contributed by atoms with Gasteiger partial charge in [-0.25, -0.2) is 4.79 Å². The Kier molecular flexibility index (Phi) is 5.58. The highest BCUT2D eigenvalue weighted by molar-refractivity contribution is 6.34. The molecule has 0 atom stereocenters. The van der Waals surface area contributed by atoms with Gasteiger partial charge in [-0.1, -0.05) is 35.3 Å². The van der Waals surface area contributed by atoms with Gasteiger partial charge in [0.2, 0.25) is 0 Å². The van der Waals surface area contributed by atoms with Gasteiger partial charge >= 0.3 is 5.97 Å². The van der Waals surface area contributed by atoms with Crippen molar-refractivity contribution in [2.24, 2.45) is 0 Å². The quantitative estimate of drug-likeness (QED) is 0.810. The molecule has 2 aromatic rings. The predicted octanol–water partition coefficient (Wildman–Crippen LogP) is 2.84. The number of aryl methyl sites for hydroxylation is 1. The number of aromatic carboxylic acids is 1. The molecular weight excluding hydrogens is 341 g/mol. The Morgan fingerprint density at radius 2 is 1.83 bits per heavy atom. The maximum atomic E-state index is 12.2. The monoisotopic (exact) mass is 353 g/mol. The maximum Gasteiger partial charge on any atom is 0.335 e. The zero-order valence-electron chi connectivity index (χ0n) is 12.0. The van der Waals surface area contributed by atoms with E-state index in [2.05, 4.69) is 0 Å². The number of carboxylic acids is 1. The summed E-state index contributed by atoms with van der Waals surface area (Å²) < 4.78 is 1.38. The average Bonchev–Trinajstić information content (AvgIpc) is 2.52. The van der Waals surface area contributed by atoms with Crippen LogP contribution in [-0.2, 0) is 24.2 Å². The van der Waals surface area contributed by atoms with E-state index in [1.165, 1.54) is 22.8 Å². The molecule has 2 rings (SSSR count). The van der Waals surface area contributed by atoms with Crippen molar-refractivity contribution >= 4 is 35.5 Å². The molecule has 23 heavy (non-hydrogen) atoms. The summed E-state index contributed by atoms with van der Waals surface area (Å²) >= 11 is 11.9. The minimum Gasteiger partial charge on any atom is -0.478 e. The lowest BCUT2D eigenvalue weighted by molar-refractivity contribution is -0.107. The van der Waals surface area contributed by atoms with Crippen LogP contribution >= 0.6 is 23.2 Å². The molecule has 1 aromatic heterocycles. The number of carbonyl (C=O) groups excluding carboxylic acids is 1. The number of pyridine rings is 1. The van der Waals surface area contributed by atoms with Crippen LogP contribution in [0.4, 0.5) is 0 Å². The number of hydrogen-bond acceptors (Lipinski definition) is 3. The van der Waals surface area contributed by atoms with Crippen LogP contribution in [0.2, 0.25) is 10.0 Å². The molecule has 0 aliphatic rings. The summed E-state index contributed by atoms with van der Waals surface area (Å²) in [5, 5.41) is 9.13. The molecule has 0 unspecified atom stereocenters. The van der Waals surface area contributed by atoms with Crippen molar-refractivity contribution < 1.29 is 14.7 Å². The number of aldehydes is 1. The van der Waals surface area contributed by atoms with Crippen molar-refractivity contribution in [1.82, 2.24) is 4.57 Å². The Morgan fingerprint density at radius 1 is 1.17 bits per heavy atom. The first-order valence-electron chi connectivity index (χ1n) is 6.77. The normalized spacial score (nSPS) is 10.5. The highest BCUT2D eigenvalue weighted by Gasteiger charge is 2.12. The standard InChI is InChI=1S/C16H13Cl2NO4/c17-12-9-13(18)15(21)19(14(12)6-8-20)7-5-10-1-3-11(4-2-10)16(22)23/h1-4,8-9H,5-7H2,(H,22,23). The highest BCUT2D eigenvalue weighted by Crippen LogP contribution is 2.19. The summed E-state index contributed by atoms with van der Waals surface area (Å²) in [5.41, 5.74) is 1.06. The second kappa shape index (κ2) is 7.44. The number of nitrogens with zero attached hydrogens (tertiary/aromatic N) is 1. The van der Waals surface area contributed by atoms with E-state index in [1.54, 1.807) is 12.1 Å². The topological polar surface area (TPSA) is 76.4 Å². The van der Waals surface area contributed by atoms with Gasteiger partial charge in [0.15, 0.2) is 0 Å². The largest absolute Gasteiger partial charge is 0.478 e. The minimum absolute atomic E-state index is 0.00845. The van der Waals surface area contributed by atoms with Crippen LogP contribution in [-0.4, -0.2) is 21.9 Å². The van der Waals surface area contributed by atoms with Crippen LogP contribution in [0.3, 0.4) is 0 Å². The van der Waals surface area contributed by atoms with E-state index < -0.39 is 11.5 Å². The van der Waals surface area contributed by atoms with Gasteiger partial charge < -0.3 is 14.5 Å². The second-order valence-electron chi connectivity index (χ2n) is 4.87. The number of benzene rings is 1. The maximum absolute atomic E-state index is 12.2. The Hall–Kier alpha value is -2.11. The number of halogens is 2. The molecule has 1 N–H and O–H groups in total. The number of carboxylic acid groups (broad SMARTS) is 1. The van der Waals surface area contributed by atoms with Gasteiger partial charge in [0, 0.05) is 18.7 Å². The summed E-state index contributed by atoms with van der Waals surface area (Å²) in [6.07, 6.45) is 1.16. The second-order valence-corrected chi connectivity index (χ2v) is 5.68. The molecule has 0 radical (unpaired) electrons. The van der Waals surface area contributed by atoms with E-state index >= 15 is 0 Å². The first-order valence-corrected chi connectivity index (χ1v) is 7.53. The Bertz CT molecular complexity index is 797. The van der Waals surface area contributed by atoms with E-state index in [9.17, 15) is 14.4 Å². The molecule has 1 heterocycles. The van der Waals surface area contributed by atoms with E-state index in [-0.39, 0.29) is 28.6 Å². The smallest absolute Gasteiger partial charge is 0.335 e. The Morgan fingerprint density at radius 3 is 2.39 bits per heavy atom. The molecule has 120 valence electrons. The van der Waals surface area contributed by atoms with Crippen molar-refractivity contribution in [2.75, 3.05) is 0 Å². The molecule has 5 nitrogen and oxygen atoms in total. The zero-order chi connectivity index (χ0) is 17.0. The summed E-state index contributed by atoms with van der Waals surface area (Å²) in [4.78, 5) is 33.8. The molecule has 0 aliphatic heterocycles. The fraction of sp³-hybridized carbons (Fsp3) is 0.188. The fourth-order valence-corrected chi connectivity index (χ4v) is 2.77. The predicted molar refractivity (Wildman–Crippen MR) is 87.6 cm³/mol. The van der Waals surface area contributed by atoms with Gasteiger partial charge in [-0.15, -0.1) is 0 Å². The summed E-state index contributed by atoms with van der Waals surface area (Å²) in [5.74, 6) is -0.998. The van der Waals surface area contributed by atoms with Crippen molar-refractivity contribution in [3.63, 3.8) is 0 Å². The molecule has 0 saturated carbocycles. The first-order chi connectivity index (χ1) is 10.9. The Labute approximate surface area is 142 Å². The fourth-order valence-electron chi connectivity index (χ4n) is 2.21. The minimum atomic E-state index is -0.998. The van der Waals surface area contributed by atoms with Gasteiger partial charge in [-0.2, -0.15) is 0 Å². The van der Waals surface area contributed by atoms with Crippen molar-refractivity contribution in [3.8, 4) is 0 Å². The van der Waals surface area contributed by atoms with E-state index in [0.717, 1.165) is 5.56 Å². The average molecular weight is 354 g/mol. The number of hydrogen-bond donors (Lipinski definition) is 1. The lowest BCUT2D eigenvalue weighted by Gasteiger charge is -2.13. The molecule has 0 bridgehead atoms. The summed E-state index contributed by atoms with van der Waals surface area (Å²) in [6.45, 7) is 0.286. The van der Waals surface area contributed by atoms with Crippen molar-refractivity contribution in [2.45, 2.75) is 19.4 Å². The molecular formula is C16H13Cl2NO4. The summed E-state index contributed by atoms with van der Waals surface area (Å²) in [7, 11) is 0. The van der Waals surface area contributed by atoms with Crippen LogP contribution in [0.1, 0.15) is 21.6 Å². The third-order valence-electron chi connectivity index (χ3n) is 3.41. The Balaban J connectivity index is 2.27. The number of aromatic nitrogens is 1. The zero-order valence-corrected chi connectivity index (χ0v) is 13.5. The number of rotatable bonds is 6. The molecule has 0 amide bonds. The molecule has 0 spiro atoms. The van der Waals surface area contributed by atoms with Crippen LogP contribution in [0.5, 0.6) is 0 Å². The molecule has 1 aromatic carbocycles. The first kappa shape index (κ1) is 17.2. The molecule has 7 heteroatoms. The van der Waals surface area contributed by atoms with E-state index in [1.807, 2.05) is 0 Å². The van der Waals surface area contributed by atoms with E-state index in [0.29, 0.717) is 18.4 Å². The van der Waals surface area contributed by atoms with Gasteiger partial charge in [0.1, 0.15) is 11.3 Å². The van der Waals surface area contributed by atoms with Crippen molar-refractivity contribution in [1.29, 1.82) is 0 Å². The number of carbonyl (C=O) groups is 2. The van der Waals surface area contributed by atoms with Crippen molar-refractivity contribution in [3.05, 3.63) is 67.6 Å². The van der Waals surface area contributed by atoms with Gasteiger partial charge in [-0.3, -0.25) is 4.79 Å². The highest BCUT2D eigenvalue weighted by atomic mass is 35.5. The van der Waals surface area contributed by atoms with Gasteiger partial charge in [0.25, 0.3) is 5.56 Å². The molecule has 0 fully saturated rings. The lowest BCUT2D eigenvalue weighted by Crippen LogP contribution is -2.25. The SMILES string of the molecule is O=CCc1c(Cl)cc(Cl)c(=O)n1CCc1ccc(C(=O)O)cc1. The molecule has 0 saturated heterocycles. The van der Waals surface area contributed by atoms with Crippen LogP contribution in [0.25, 0.3) is 0 Å².